The third-order valence-corrected chi connectivity index (χ3v) is 1.44. The van der Waals surface area contributed by atoms with Crippen molar-refractivity contribution in [3.8, 4) is 11.8 Å². The smallest absolute Gasteiger partial charge is 0.254 e. The normalized spacial score (nSPS) is 8.83. The Balaban J connectivity index is 2.99. The lowest BCUT2D eigenvalue weighted by Crippen LogP contribution is -2.19. The summed E-state index contributed by atoms with van der Waals surface area (Å²) in [6, 6.07) is 1.50. The zero-order valence-electron chi connectivity index (χ0n) is 7.16. The summed E-state index contributed by atoms with van der Waals surface area (Å²) in [5.74, 6) is 5.52. The lowest BCUT2D eigenvalue weighted by Gasteiger charge is -1.98. The van der Waals surface area contributed by atoms with Gasteiger partial charge in [-0.05, 0) is 13.8 Å². The molecule has 1 aromatic heterocycles. The van der Waals surface area contributed by atoms with E-state index in [1.807, 2.05) is 0 Å². The van der Waals surface area contributed by atoms with Gasteiger partial charge in [-0.3, -0.25) is 9.36 Å². The van der Waals surface area contributed by atoms with E-state index in [1.165, 1.54) is 17.0 Å². The Labute approximate surface area is 71.1 Å². The van der Waals surface area contributed by atoms with Gasteiger partial charge in [0.2, 0.25) is 0 Å². The first-order valence-corrected chi connectivity index (χ1v) is 3.66. The molecule has 12 heavy (non-hydrogen) atoms. The maximum atomic E-state index is 11.2. The van der Waals surface area contributed by atoms with Crippen LogP contribution < -0.4 is 5.56 Å². The van der Waals surface area contributed by atoms with Crippen molar-refractivity contribution in [3.63, 3.8) is 0 Å². The molecule has 0 saturated carbocycles. The molecular formula is C9H10N2O. The summed E-state index contributed by atoms with van der Waals surface area (Å²) in [6.07, 6.45) is 1.52. The minimum absolute atomic E-state index is 0.0507. The topological polar surface area (TPSA) is 34.9 Å². The molecular weight excluding hydrogens is 152 g/mol. The van der Waals surface area contributed by atoms with Crippen molar-refractivity contribution in [2.75, 3.05) is 0 Å². The van der Waals surface area contributed by atoms with Crippen LogP contribution in [0.1, 0.15) is 12.6 Å². The Bertz CT molecular complexity index is 381. The van der Waals surface area contributed by atoms with Gasteiger partial charge in [0, 0.05) is 11.8 Å². The van der Waals surface area contributed by atoms with Crippen molar-refractivity contribution < 1.29 is 0 Å². The van der Waals surface area contributed by atoms with Crippen molar-refractivity contribution in [2.24, 2.45) is 0 Å². The summed E-state index contributed by atoms with van der Waals surface area (Å²) in [5, 5.41) is 0. The fourth-order valence-corrected chi connectivity index (χ4v) is 0.800. The molecule has 0 aliphatic heterocycles. The van der Waals surface area contributed by atoms with Crippen LogP contribution in [0.4, 0.5) is 0 Å². The van der Waals surface area contributed by atoms with E-state index in [1.54, 1.807) is 13.8 Å². The molecule has 3 heteroatoms. The van der Waals surface area contributed by atoms with Crippen molar-refractivity contribution in [1.29, 1.82) is 0 Å². The quantitative estimate of drug-likeness (QED) is 0.566. The van der Waals surface area contributed by atoms with Gasteiger partial charge in [-0.25, -0.2) is 4.98 Å². The number of hydrogen-bond acceptors (Lipinski definition) is 2. The van der Waals surface area contributed by atoms with Crippen LogP contribution in [0.2, 0.25) is 0 Å². The third kappa shape index (κ3) is 1.96. The van der Waals surface area contributed by atoms with Gasteiger partial charge in [-0.1, -0.05) is 5.92 Å². The maximum absolute atomic E-state index is 11.2. The standard InChI is InChI=1S/C9H10N2O/c1-3-4-5-11-7-10-8(2)6-9(11)12/h6-7H,5H2,1-2H3. The summed E-state index contributed by atoms with van der Waals surface area (Å²) < 4.78 is 1.48. The first-order chi connectivity index (χ1) is 5.74. The summed E-state index contributed by atoms with van der Waals surface area (Å²) >= 11 is 0. The Hall–Kier alpha value is -1.56. The largest absolute Gasteiger partial charge is 0.287 e. The fourth-order valence-electron chi connectivity index (χ4n) is 0.800. The molecule has 1 rings (SSSR count). The minimum atomic E-state index is -0.0507. The van der Waals surface area contributed by atoms with E-state index in [4.69, 9.17) is 0 Å². The molecule has 0 spiro atoms. The lowest BCUT2D eigenvalue weighted by molar-refractivity contribution is 0.760. The van der Waals surface area contributed by atoms with Crippen LogP contribution in [0.25, 0.3) is 0 Å². The predicted molar refractivity (Wildman–Crippen MR) is 46.7 cm³/mol. The number of aromatic nitrogens is 2. The number of rotatable bonds is 1. The molecule has 1 heterocycles. The monoisotopic (exact) mass is 162 g/mol. The molecule has 0 amide bonds. The first kappa shape index (κ1) is 8.54. The first-order valence-electron chi connectivity index (χ1n) is 3.66. The van der Waals surface area contributed by atoms with Crippen molar-refractivity contribution in [1.82, 2.24) is 9.55 Å². The molecule has 3 nitrogen and oxygen atoms in total. The lowest BCUT2D eigenvalue weighted by atomic mass is 10.4. The fraction of sp³-hybridized carbons (Fsp3) is 0.333. The van der Waals surface area contributed by atoms with E-state index >= 15 is 0 Å². The Morgan fingerprint density at radius 1 is 1.67 bits per heavy atom. The molecule has 0 aliphatic rings. The molecule has 0 aromatic carbocycles. The van der Waals surface area contributed by atoms with Crippen LogP contribution in [0.3, 0.4) is 0 Å². The second kappa shape index (κ2) is 3.72. The van der Waals surface area contributed by atoms with Crippen molar-refractivity contribution >= 4 is 0 Å². The molecule has 0 atom stereocenters. The number of aryl methyl sites for hydroxylation is 1. The zero-order valence-corrected chi connectivity index (χ0v) is 7.16. The van der Waals surface area contributed by atoms with Crippen LogP contribution in [-0.4, -0.2) is 9.55 Å². The second-order valence-electron chi connectivity index (χ2n) is 2.42. The Kier molecular flexibility index (Phi) is 2.65. The van der Waals surface area contributed by atoms with Gasteiger partial charge in [-0.2, -0.15) is 0 Å². The van der Waals surface area contributed by atoms with E-state index < -0.39 is 0 Å². The highest BCUT2D eigenvalue weighted by Gasteiger charge is 1.92. The number of nitrogens with zero attached hydrogens (tertiary/aromatic N) is 2. The van der Waals surface area contributed by atoms with Gasteiger partial charge in [0.15, 0.2) is 0 Å². The molecule has 0 saturated heterocycles. The number of hydrogen-bond donors (Lipinski definition) is 0. The Morgan fingerprint density at radius 3 is 3.00 bits per heavy atom. The van der Waals surface area contributed by atoms with Crippen molar-refractivity contribution in [3.05, 3.63) is 28.4 Å². The van der Waals surface area contributed by atoms with Gasteiger partial charge in [0.25, 0.3) is 5.56 Å². The molecule has 0 unspecified atom stereocenters. The highest BCUT2D eigenvalue weighted by Crippen LogP contribution is 1.83. The summed E-state index contributed by atoms with van der Waals surface area (Å²) in [4.78, 5) is 15.2. The molecule has 1 aromatic rings. The van der Waals surface area contributed by atoms with Crippen LogP contribution >= 0.6 is 0 Å². The van der Waals surface area contributed by atoms with Gasteiger partial charge in [0.05, 0.1) is 12.9 Å². The molecule has 0 bridgehead atoms. The van der Waals surface area contributed by atoms with E-state index in [2.05, 4.69) is 16.8 Å². The van der Waals surface area contributed by atoms with E-state index in [9.17, 15) is 4.79 Å². The van der Waals surface area contributed by atoms with Crippen molar-refractivity contribution in [2.45, 2.75) is 20.4 Å². The maximum Gasteiger partial charge on any atom is 0.254 e. The van der Waals surface area contributed by atoms with E-state index in [-0.39, 0.29) is 5.56 Å². The van der Waals surface area contributed by atoms with Gasteiger partial charge in [0.1, 0.15) is 0 Å². The summed E-state index contributed by atoms with van der Waals surface area (Å²) in [5.41, 5.74) is 0.686. The van der Waals surface area contributed by atoms with Crippen LogP contribution in [-0.2, 0) is 6.54 Å². The highest BCUT2D eigenvalue weighted by atomic mass is 16.1. The zero-order chi connectivity index (χ0) is 8.97. The second-order valence-corrected chi connectivity index (χ2v) is 2.42. The van der Waals surface area contributed by atoms with Crippen LogP contribution in [0.5, 0.6) is 0 Å². The summed E-state index contributed by atoms with van der Waals surface area (Å²) in [7, 11) is 0. The highest BCUT2D eigenvalue weighted by molar-refractivity contribution is 5.00. The van der Waals surface area contributed by atoms with Gasteiger partial charge >= 0.3 is 0 Å². The Morgan fingerprint density at radius 2 is 2.42 bits per heavy atom. The van der Waals surface area contributed by atoms with E-state index in [0.717, 1.165) is 5.69 Å². The SMILES string of the molecule is CC#CCn1cnc(C)cc1=O. The minimum Gasteiger partial charge on any atom is -0.287 e. The van der Waals surface area contributed by atoms with Gasteiger partial charge < -0.3 is 0 Å². The van der Waals surface area contributed by atoms with Gasteiger partial charge in [-0.15, -0.1) is 5.92 Å². The predicted octanol–water partition coefficient (Wildman–Crippen LogP) is 0.575. The molecule has 0 radical (unpaired) electrons. The molecule has 0 fully saturated rings. The molecule has 62 valence electrons. The molecule has 0 aliphatic carbocycles. The molecule has 0 N–H and O–H groups in total. The average Bonchev–Trinajstić information content (AvgIpc) is 2.03. The van der Waals surface area contributed by atoms with Crippen LogP contribution in [0, 0.1) is 18.8 Å². The summed E-state index contributed by atoms with van der Waals surface area (Å²) in [6.45, 7) is 3.95. The van der Waals surface area contributed by atoms with E-state index in [0.29, 0.717) is 6.54 Å². The third-order valence-electron chi connectivity index (χ3n) is 1.44. The van der Waals surface area contributed by atoms with Crippen LogP contribution in [0.15, 0.2) is 17.2 Å². The average molecular weight is 162 g/mol.